The number of rotatable bonds is 5. The molecule has 1 aromatic heterocycles. The van der Waals surface area contributed by atoms with Crippen LogP contribution in [0.1, 0.15) is 0 Å². The SMILES string of the molecule is COCC(=O)CSc1cc2ccccc2[nH]1. The van der Waals surface area contributed by atoms with Crippen molar-refractivity contribution in [1.82, 2.24) is 4.98 Å². The van der Waals surface area contributed by atoms with Crippen molar-refractivity contribution in [2.75, 3.05) is 19.5 Å². The van der Waals surface area contributed by atoms with E-state index in [-0.39, 0.29) is 12.4 Å². The number of para-hydroxylation sites is 1. The number of nitrogens with one attached hydrogen (secondary N) is 1. The van der Waals surface area contributed by atoms with Crippen LogP contribution >= 0.6 is 11.8 Å². The van der Waals surface area contributed by atoms with Gasteiger partial charge in [0.1, 0.15) is 6.61 Å². The molecular formula is C12H13NO2S. The van der Waals surface area contributed by atoms with Gasteiger partial charge < -0.3 is 9.72 Å². The van der Waals surface area contributed by atoms with E-state index in [9.17, 15) is 4.79 Å². The summed E-state index contributed by atoms with van der Waals surface area (Å²) >= 11 is 1.51. The zero-order chi connectivity index (χ0) is 11.4. The smallest absolute Gasteiger partial charge is 0.168 e. The second kappa shape index (κ2) is 5.18. The summed E-state index contributed by atoms with van der Waals surface area (Å²) in [5.74, 6) is 0.548. The first kappa shape index (κ1) is 11.2. The van der Waals surface area contributed by atoms with Crippen LogP contribution in [-0.4, -0.2) is 30.2 Å². The normalized spacial score (nSPS) is 10.8. The Balaban J connectivity index is 2.02. The highest BCUT2D eigenvalue weighted by molar-refractivity contribution is 7.99. The number of H-pyrrole nitrogens is 1. The van der Waals surface area contributed by atoms with Crippen molar-refractivity contribution in [1.29, 1.82) is 0 Å². The van der Waals surface area contributed by atoms with E-state index in [0.29, 0.717) is 5.75 Å². The van der Waals surface area contributed by atoms with E-state index in [1.807, 2.05) is 24.3 Å². The molecule has 0 aliphatic rings. The van der Waals surface area contributed by atoms with Gasteiger partial charge in [0, 0.05) is 18.0 Å². The Morgan fingerprint density at radius 3 is 3.00 bits per heavy atom. The van der Waals surface area contributed by atoms with Gasteiger partial charge in [0.15, 0.2) is 5.78 Å². The highest BCUT2D eigenvalue weighted by atomic mass is 32.2. The van der Waals surface area contributed by atoms with Crippen LogP contribution in [-0.2, 0) is 9.53 Å². The van der Waals surface area contributed by atoms with Crippen LogP contribution in [0.4, 0.5) is 0 Å². The Hall–Kier alpha value is -1.26. The number of methoxy groups -OCH3 is 1. The summed E-state index contributed by atoms with van der Waals surface area (Å²) in [7, 11) is 1.53. The summed E-state index contributed by atoms with van der Waals surface area (Å²) in [5.41, 5.74) is 1.10. The lowest BCUT2D eigenvalue weighted by atomic mass is 10.3. The number of ketones is 1. The topological polar surface area (TPSA) is 42.1 Å². The highest BCUT2D eigenvalue weighted by Gasteiger charge is 2.04. The van der Waals surface area contributed by atoms with Crippen LogP contribution in [0.15, 0.2) is 35.4 Å². The number of hydrogen-bond donors (Lipinski definition) is 1. The summed E-state index contributed by atoms with van der Waals surface area (Å²) in [6.45, 7) is 0.188. The number of Topliss-reactive ketones (excluding diaryl/α,β-unsaturated/α-hetero) is 1. The second-order valence-corrected chi connectivity index (χ2v) is 4.50. The van der Waals surface area contributed by atoms with Crippen molar-refractivity contribution in [3.8, 4) is 0 Å². The third kappa shape index (κ3) is 2.65. The lowest BCUT2D eigenvalue weighted by Gasteiger charge is -1.97. The molecule has 0 radical (unpaired) electrons. The van der Waals surface area contributed by atoms with Gasteiger partial charge in [0.05, 0.1) is 10.8 Å². The standard InChI is InChI=1S/C12H13NO2S/c1-15-7-10(14)8-16-12-6-9-4-2-3-5-11(9)13-12/h2-6,13H,7-8H2,1H3. The maximum atomic E-state index is 11.3. The summed E-state index contributed by atoms with van der Waals surface area (Å²) in [5, 5.41) is 2.19. The van der Waals surface area contributed by atoms with Crippen molar-refractivity contribution >= 4 is 28.4 Å². The van der Waals surface area contributed by atoms with Gasteiger partial charge in [-0.3, -0.25) is 4.79 Å². The molecule has 4 heteroatoms. The molecule has 0 bridgehead atoms. The fourth-order valence-electron chi connectivity index (χ4n) is 1.49. The van der Waals surface area contributed by atoms with Crippen molar-refractivity contribution in [2.24, 2.45) is 0 Å². The fourth-order valence-corrected chi connectivity index (χ4v) is 2.28. The van der Waals surface area contributed by atoms with Crippen LogP contribution in [0.25, 0.3) is 10.9 Å². The monoisotopic (exact) mass is 235 g/mol. The molecule has 2 aromatic rings. The Kier molecular flexibility index (Phi) is 3.64. The van der Waals surface area contributed by atoms with E-state index in [1.165, 1.54) is 24.3 Å². The molecule has 0 amide bonds. The third-order valence-corrected chi connectivity index (χ3v) is 3.20. The minimum Gasteiger partial charge on any atom is -0.377 e. The molecule has 1 heterocycles. The summed E-state index contributed by atoms with van der Waals surface area (Å²) in [6.07, 6.45) is 0. The van der Waals surface area contributed by atoms with Crippen LogP contribution in [0, 0.1) is 0 Å². The molecule has 2 rings (SSSR count). The number of ether oxygens (including phenoxy) is 1. The van der Waals surface area contributed by atoms with Crippen LogP contribution in [0.5, 0.6) is 0 Å². The molecule has 0 saturated carbocycles. The van der Waals surface area contributed by atoms with Gasteiger partial charge in [-0.1, -0.05) is 18.2 Å². The Bertz CT molecular complexity index is 459. The van der Waals surface area contributed by atoms with E-state index in [2.05, 4.69) is 11.1 Å². The van der Waals surface area contributed by atoms with Gasteiger partial charge in [-0.15, -0.1) is 11.8 Å². The van der Waals surface area contributed by atoms with E-state index in [4.69, 9.17) is 4.74 Å². The van der Waals surface area contributed by atoms with Gasteiger partial charge in [-0.25, -0.2) is 0 Å². The maximum absolute atomic E-state index is 11.3. The van der Waals surface area contributed by atoms with Gasteiger partial charge in [-0.05, 0) is 12.1 Å². The number of fused-ring (bicyclic) bond motifs is 1. The molecule has 0 fully saturated rings. The summed E-state index contributed by atoms with van der Waals surface area (Å²) in [6, 6.07) is 10.1. The van der Waals surface area contributed by atoms with Crippen molar-refractivity contribution < 1.29 is 9.53 Å². The minimum absolute atomic E-state index is 0.103. The molecule has 1 N–H and O–H groups in total. The van der Waals surface area contributed by atoms with Crippen LogP contribution < -0.4 is 0 Å². The van der Waals surface area contributed by atoms with Crippen LogP contribution in [0.2, 0.25) is 0 Å². The molecule has 84 valence electrons. The fraction of sp³-hybridized carbons (Fsp3) is 0.250. The predicted octanol–water partition coefficient (Wildman–Crippen LogP) is 2.48. The maximum Gasteiger partial charge on any atom is 0.168 e. The first-order valence-corrected chi connectivity index (χ1v) is 5.99. The quantitative estimate of drug-likeness (QED) is 0.809. The number of carbonyl (C=O) groups excluding carboxylic acids is 1. The number of thioether (sulfide) groups is 1. The Morgan fingerprint density at radius 1 is 1.44 bits per heavy atom. The predicted molar refractivity (Wildman–Crippen MR) is 65.9 cm³/mol. The molecule has 0 aliphatic carbocycles. The average molecular weight is 235 g/mol. The first-order chi connectivity index (χ1) is 7.79. The largest absolute Gasteiger partial charge is 0.377 e. The van der Waals surface area contributed by atoms with Crippen molar-refractivity contribution in [2.45, 2.75) is 5.03 Å². The number of hydrogen-bond acceptors (Lipinski definition) is 3. The molecule has 0 spiro atoms. The third-order valence-electron chi connectivity index (χ3n) is 2.20. The Morgan fingerprint density at radius 2 is 2.25 bits per heavy atom. The van der Waals surface area contributed by atoms with E-state index in [1.54, 1.807) is 0 Å². The Labute approximate surface area is 98.2 Å². The zero-order valence-electron chi connectivity index (χ0n) is 9.03. The number of aromatic nitrogens is 1. The van der Waals surface area contributed by atoms with Gasteiger partial charge in [-0.2, -0.15) is 0 Å². The summed E-state index contributed by atoms with van der Waals surface area (Å²) in [4.78, 5) is 14.5. The number of carbonyl (C=O) groups is 1. The van der Waals surface area contributed by atoms with E-state index >= 15 is 0 Å². The molecule has 0 atom stereocenters. The molecule has 0 aliphatic heterocycles. The van der Waals surface area contributed by atoms with Crippen molar-refractivity contribution in [3.05, 3.63) is 30.3 Å². The van der Waals surface area contributed by atoms with Crippen LogP contribution in [0.3, 0.4) is 0 Å². The first-order valence-electron chi connectivity index (χ1n) is 5.01. The molecule has 0 saturated heterocycles. The lowest BCUT2D eigenvalue weighted by Crippen LogP contribution is -2.08. The average Bonchev–Trinajstić information content (AvgIpc) is 2.69. The minimum atomic E-state index is 0.103. The van der Waals surface area contributed by atoms with Gasteiger partial charge >= 0.3 is 0 Å². The molecule has 16 heavy (non-hydrogen) atoms. The highest BCUT2D eigenvalue weighted by Crippen LogP contribution is 2.22. The number of benzene rings is 1. The van der Waals surface area contributed by atoms with E-state index in [0.717, 1.165) is 10.5 Å². The van der Waals surface area contributed by atoms with Crippen molar-refractivity contribution in [3.63, 3.8) is 0 Å². The van der Waals surface area contributed by atoms with Gasteiger partial charge in [0.25, 0.3) is 0 Å². The molecule has 0 unspecified atom stereocenters. The number of aromatic amines is 1. The molecule has 3 nitrogen and oxygen atoms in total. The summed E-state index contributed by atoms with van der Waals surface area (Å²) < 4.78 is 4.78. The van der Waals surface area contributed by atoms with Gasteiger partial charge in [0.2, 0.25) is 0 Å². The second-order valence-electron chi connectivity index (χ2n) is 3.48. The molecule has 1 aromatic carbocycles. The molecular weight excluding hydrogens is 222 g/mol. The van der Waals surface area contributed by atoms with E-state index < -0.39 is 0 Å². The zero-order valence-corrected chi connectivity index (χ0v) is 9.84. The lowest BCUT2D eigenvalue weighted by molar-refractivity contribution is -0.120.